The van der Waals surface area contributed by atoms with Gasteiger partial charge in [-0.15, -0.1) is 5.10 Å². The molecule has 0 unspecified atom stereocenters. The lowest BCUT2D eigenvalue weighted by atomic mass is 9.97. The van der Waals surface area contributed by atoms with E-state index in [1.54, 1.807) is 13.4 Å². The van der Waals surface area contributed by atoms with Gasteiger partial charge in [0.05, 0.1) is 31.5 Å². The van der Waals surface area contributed by atoms with Gasteiger partial charge in [0, 0.05) is 23.0 Å². The third kappa shape index (κ3) is 5.14. The van der Waals surface area contributed by atoms with Gasteiger partial charge in [-0.25, -0.2) is 4.68 Å². The topological polar surface area (TPSA) is 102 Å². The third-order valence-corrected chi connectivity index (χ3v) is 6.66. The summed E-state index contributed by atoms with van der Waals surface area (Å²) in [5.74, 6) is 2.49. The summed E-state index contributed by atoms with van der Waals surface area (Å²) in [6.45, 7) is 11.6. The van der Waals surface area contributed by atoms with Crippen LogP contribution in [0.15, 0.2) is 51.9 Å². The minimum atomic E-state index is -0.251. The lowest BCUT2D eigenvalue weighted by Gasteiger charge is -2.35. The minimum Gasteiger partial charge on any atom is -0.497 e. The first kappa shape index (κ1) is 24.7. The fraction of sp³-hybridized carbons (Fsp3) is 0.462. The number of hydrogen-bond acceptors (Lipinski definition) is 7. The van der Waals surface area contributed by atoms with Crippen molar-refractivity contribution in [2.45, 2.75) is 65.7 Å². The molecule has 9 nitrogen and oxygen atoms in total. The van der Waals surface area contributed by atoms with E-state index in [9.17, 15) is 4.79 Å². The number of H-pyrrole nitrogens is 1. The van der Waals surface area contributed by atoms with Crippen LogP contribution in [0.5, 0.6) is 5.75 Å². The van der Waals surface area contributed by atoms with Crippen LogP contribution in [0.1, 0.15) is 64.2 Å². The molecule has 0 fully saturated rings. The summed E-state index contributed by atoms with van der Waals surface area (Å²) < 4.78 is 13.0. The summed E-state index contributed by atoms with van der Waals surface area (Å²) in [7, 11) is 1.63. The highest BCUT2D eigenvalue weighted by Gasteiger charge is 2.34. The number of hydrogen-bond donors (Lipinski definition) is 1. The van der Waals surface area contributed by atoms with E-state index in [1.165, 1.54) is 0 Å². The van der Waals surface area contributed by atoms with E-state index in [4.69, 9.17) is 9.15 Å². The Hall–Kier alpha value is -3.46. The van der Waals surface area contributed by atoms with Crippen molar-refractivity contribution in [3.8, 4) is 5.75 Å². The molecule has 35 heavy (non-hydrogen) atoms. The molecule has 3 heterocycles. The van der Waals surface area contributed by atoms with Crippen LogP contribution in [0.4, 0.5) is 0 Å². The average Bonchev–Trinajstić information content (AvgIpc) is 3.52. The Kier molecular flexibility index (Phi) is 7.07. The van der Waals surface area contributed by atoms with Gasteiger partial charge in [-0.05, 0) is 73.0 Å². The van der Waals surface area contributed by atoms with Gasteiger partial charge in [0.1, 0.15) is 11.5 Å². The molecule has 1 atom stereocenters. The van der Waals surface area contributed by atoms with Gasteiger partial charge in [0.2, 0.25) is 0 Å². The molecule has 0 spiro atoms. The van der Waals surface area contributed by atoms with E-state index in [-0.39, 0.29) is 23.1 Å². The van der Waals surface area contributed by atoms with Gasteiger partial charge in [0.15, 0.2) is 5.82 Å². The van der Waals surface area contributed by atoms with Gasteiger partial charge >= 0.3 is 0 Å². The zero-order valence-electron chi connectivity index (χ0n) is 21.3. The van der Waals surface area contributed by atoms with Crippen molar-refractivity contribution in [1.29, 1.82) is 0 Å². The summed E-state index contributed by atoms with van der Waals surface area (Å²) >= 11 is 0. The fourth-order valence-electron chi connectivity index (χ4n) is 4.39. The Morgan fingerprint density at radius 3 is 2.66 bits per heavy atom. The number of ether oxygens (including phenoxy) is 1. The van der Waals surface area contributed by atoms with Crippen LogP contribution in [0.2, 0.25) is 0 Å². The second-order valence-electron chi connectivity index (χ2n) is 9.86. The van der Waals surface area contributed by atoms with Crippen molar-refractivity contribution in [2.75, 3.05) is 7.11 Å². The SMILES string of the molecule is CCC(C)(C)n1nnnc1[C@H](C(C)C)N(Cc1ccco1)Cc1cc2cc(OC)ccc2[nH]c1=O. The number of nitrogens with one attached hydrogen (secondary N) is 1. The number of aromatic amines is 1. The standard InChI is InChI=1S/C26H34N6O3/c1-7-26(4,5)32-24(28-29-30-32)23(17(2)3)31(16-21-9-8-12-35-21)15-19-13-18-14-20(34-6)10-11-22(18)27-25(19)33/h8-14,17,23H,7,15-16H2,1-6H3,(H,27,33)/t23-/m0/s1. The van der Waals surface area contributed by atoms with E-state index in [2.05, 4.69) is 60.0 Å². The highest BCUT2D eigenvalue weighted by atomic mass is 16.5. The molecule has 0 saturated heterocycles. The summed E-state index contributed by atoms with van der Waals surface area (Å²) in [6.07, 6.45) is 2.54. The van der Waals surface area contributed by atoms with E-state index in [0.29, 0.717) is 18.7 Å². The van der Waals surface area contributed by atoms with E-state index in [0.717, 1.165) is 34.7 Å². The Bertz CT molecular complexity index is 1320. The summed E-state index contributed by atoms with van der Waals surface area (Å²) in [4.78, 5) is 18.3. The van der Waals surface area contributed by atoms with Crippen LogP contribution >= 0.6 is 0 Å². The molecule has 0 radical (unpaired) electrons. The molecule has 0 aliphatic rings. The lowest BCUT2D eigenvalue weighted by molar-refractivity contribution is 0.109. The molecule has 9 heteroatoms. The monoisotopic (exact) mass is 478 g/mol. The summed E-state index contributed by atoms with van der Waals surface area (Å²) in [5.41, 5.74) is 1.05. The van der Waals surface area contributed by atoms with Crippen molar-refractivity contribution in [1.82, 2.24) is 30.1 Å². The quantitative estimate of drug-likeness (QED) is 0.354. The van der Waals surface area contributed by atoms with Gasteiger partial charge in [0.25, 0.3) is 5.56 Å². The number of tetrazole rings is 1. The van der Waals surface area contributed by atoms with Crippen LogP contribution < -0.4 is 10.3 Å². The predicted molar refractivity (Wildman–Crippen MR) is 134 cm³/mol. The zero-order valence-corrected chi connectivity index (χ0v) is 21.3. The van der Waals surface area contributed by atoms with Crippen LogP contribution in [-0.4, -0.2) is 37.2 Å². The second kappa shape index (κ2) is 10.0. The zero-order chi connectivity index (χ0) is 25.2. The Morgan fingerprint density at radius 1 is 1.20 bits per heavy atom. The Balaban J connectivity index is 1.79. The highest BCUT2D eigenvalue weighted by molar-refractivity contribution is 5.80. The molecule has 0 aliphatic carbocycles. The largest absolute Gasteiger partial charge is 0.497 e. The molecule has 0 saturated carbocycles. The second-order valence-corrected chi connectivity index (χ2v) is 9.86. The normalized spacial score (nSPS) is 13.1. The number of rotatable bonds is 10. The Morgan fingerprint density at radius 2 is 2.00 bits per heavy atom. The van der Waals surface area contributed by atoms with E-state index < -0.39 is 0 Å². The first-order chi connectivity index (χ1) is 16.7. The highest BCUT2D eigenvalue weighted by Crippen LogP contribution is 2.33. The molecule has 0 bridgehead atoms. The maximum Gasteiger partial charge on any atom is 0.252 e. The van der Waals surface area contributed by atoms with Gasteiger partial charge < -0.3 is 14.1 Å². The minimum absolute atomic E-state index is 0.122. The molecule has 4 aromatic rings. The van der Waals surface area contributed by atoms with E-state index >= 15 is 0 Å². The molecule has 4 rings (SSSR count). The summed E-state index contributed by atoms with van der Waals surface area (Å²) in [5, 5.41) is 13.8. The molecular weight excluding hydrogens is 444 g/mol. The molecule has 1 aromatic carbocycles. The maximum atomic E-state index is 13.1. The molecule has 3 aromatic heterocycles. The van der Waals surface area contributed by atoms with Crippen LogP contribution in [-0.2, 0) is 18.6 Å². The van der Waals surface area contributed by atoms with Crippen molar-refractivity contribution in [3.63, 3.8) is 0 Å². The fourth-order valence-corrected chi connectivity index (χ4v) is 4.39. The molecule has 0 amide bonds. The number of fused-ring (bicyclic) bond motifs is 1. The summed E-state index contributed by atoms with van der Waals surface area (Å²) in [6, 6.07) is 11.2. The first-order valence-corrected chi connectivity index (χ1v) is 12.0. The number of pyridine rings is 1. The van der Waals surface area contributed by atoms with Gasteiger partial charge in [-0.3, -0.25) is 9.69 Å². The van der Waals surface area contributed by atoms with Crippen LogP contribution in [0.3, 0.4) is 0 Å². The number of methoxy groups -OCH3 is 1. The smallest absolute Gasteiger partial charge is 0.252 e. The maximum absolute atomic E-state index is 13.1. The van der Waals surface area contributed by atoms with E-state index in [1.807, 2.05) is 41.1 Å². The molecule has 1 N–H and O–H groups in total. The Labute approximate surface area is 205 Å². The predicted octanol–water partition coefficient (Wildman–Crippen LogP) is 4.66. The van der Waals surface area contributed by atoms with Crippen LogP contribution in [0, 0.1) is 5.92 Å². The lowest BCUT2D eigenvalue weighted by Crippen LogP contribution is -2.38. The first-order valence-electron chi connectivity index (χ1n) is 12.0. The molecule has 186 valence electrons. The number of furan rings is 1. The van der Waals surface area contributed by atoms with Crippen molar-refractivity contribution < 1.29 is 9.15 Å². The van der Waals surface area contributed by atoms with Crippen LogP contribution in [0.25, 0.3) is 10.9 Å². The number of aromatic nitrogens is 5. The third-order valence-electron chi connectivity index (χ3n) is 6.66. The van der Waals surface area contributed by atoms with Gasteiger partial charge in [-0.1, -0.05) is 20.8 Å². The van der Waals surface area contributed by atoms with Crippen molar-refractivity contribution in [2.24, 2.45) is 5.92 Å². The number of benzene rings is 1. The van der Waals surface area contributed by atoms with Gasteiger partial charge in [-0.2, -0.15) is 0 Å². The molecule has 0 aliphatic heterocycles. The van der Waals surface area contributed by atoms with Crippen molar-refractivity contribution >= 4 is 10.9 Å². The number of nitrogens with zero attached hydrogens (tertiary/aromatic N) is 5. The average molecular weight is 479 g/mol. The molecular formula is C26H34N6O3. The van der Waals surface area contributed by atoms with Crippen molar-refractivity contribution in [3.05, 3.63) is 70.2 Å².